The molecule has 0 spiro atoms. The number of anilines is 1. The lowest BCUT2D eigenvalue weighted by Crippen LogP contribution is -2.42. The highest BCUT2D eigenvalue weighted by Crippen LogP contribution is 2.44. The van der Waals surface area contributed by atoms with Crippen molar-refractivity contribution in [2.75, 3.05) is 18.1 Å². The third-order valence-corrected chi connectivity index (χ3v) is 4.94. The number of terminal acetylenes is 1. The van der Waals surface area contributed by atoms with Crippen molar-refractivity contribution in [1.29, 1.82) is 0 Å². The van der Waals surface area contributed by atoms with Gasteiger partial charge in [0.1, 0.15) is 5.75 Å². The number of hydrogen-bond donors (Lipinski definition) is 1. The molecular formula is C21H18BrNO4. The summed E-state index contributed by atoms with van der Waals surface area (Å²) < 4.78 is 6.06. The number of nitrogens with zero attached hydrogens (tertiary/aromatic N) is 1. The lowest BCUT2D eigenvalue weighted by atomic mass is 9.88. The zero-order valence-electron chi connectivity index (χ0n) is 14.7. The molecule has 6 heteroatoms. The molecule has 27 heavy (non-hydrogen) atoms. The molecule has 3 rings (SSSR count). The molecular weight excluding hydrogens is 410 g/mol. The van der Waals surface area contributed by atoms with Gasteiger partial charge in [0, 0.05) is 15.6 Å². The van der Waals surface area contributed by atoms with Crippen LogP contribution in [0.4, 0.5) is 5.69 Å². The van der Waals surface area contributed by atoms with Crippen LogP contribution in [-0.2, 0) is 10.4 Å². The van der Waals surface area contributed by atoms with Crippen molar-refractivity contribution in [3.05, 3.63) is 58.1 Å². The van der Waals surface area contributed by atoms with Crippen LogP contribution >= 0.6 is 15.9 Å². The Kier molecular flexibility index (Phi) is 5.36. The Morgan fingerprint density at radius 2 is 2.00 bits per heavy atom. The van der Waals surface area contributed by atoms with E-state index in [1.54, 1.807) is 42.5 Å². The maximum atomic E-state index is 12.9. The van der Waals surface area contributed by atoms with E-state index in [9.17, 15) is 14.7 Å². The smallest absolute Gasteiger partial charge is 0.265 e. The third-order valence-electron chi connectivity index (χ3n) is 4.45. The maximum Gasteiger partial charge on any atom is 0.265 e. The van der Waals surface area contributed by atoms with Crippen molar-refractivity contribution in [3.63, 3.8) is 0 Å². The summed E-state index contributed by atoms with van der Waals surface area (Å²) in [6, 6.07) is 11.7. The molecule has 0 unspecified atom stereocenters. The van der Waals surface area contributed by atoms with Crippen LogP contribution in [0.25, 0.3) is 0 Å². The van der Waals surface area contributed by atoms with Crippen molar-refractivity contribution in [2.24, 2.45) is 0 Å². The molecule has 138 valence electrons. The van der Waals surface area contributed by atoms with Crippen LogP contribution in [0.1, 0.15) is 29.3 Å². The van der Waals surface area contributed by atoms with Crippen LogP contribution in [0, 0.1) is 12.3 Å². The normalized spacial score (nSPS) is 18.1. The summed E-state index contributed by atoms with van der Waals surface area (Å²) in [7, 11) is 0. The van der Waals surface area contributed by atoms with Crippen molar-refractivity contribution in [1.82, 2.24) is 0 Å². The average Bonchev–Trinajstić information content (AvgIpc) is 2.84. The fraction of sp³-hybridized carbons (Fsp3) is 0.238. The Balaban J connectivity index is 1.93. The number of benzene rings is 2. The Labute approximate surface area is 166 Å². The largest absolute Gasteiger partial charge is 0.494 e. The minimum Gasteiger partial charge on any atom is -0.494 e. The van der Waals surface area contributed by atoms with Crippen LogP contribution in [0.5, 0.6) is 5.75 Å². The molecule has 0 aromatic heterocycles. The van der Waals surface area contributed by atoms with Gasteiger partial charge in [-0.1, -0.05) is 21.9 Å². The first-order chi connectivity index (χ1) is 12.9. The molecule has 2 aromatic rings. The van der Waals surface area contributed by atoms with Crippen molar-refractivity contribution in [2.45, 2.75) is 18.9 Å². The summed E-state index contributed by atoms with van der Waals surface area (Å²) in [6.45, 7) is 2.42. The quantitative estimate of drug-likeness (QED) is 0.567. The van der Waals surface area contributed by atoms with Crippen LogP contribution < -0.4 is 9.64 Å². The van der Waals surface area contributed by atoms with Crippen LogP contribution in [0.2, 0.25) is 0 Å². The summed E-state index contributed by atoms with van der Waals surface area (Å²) in [5, 5.41) is 11.2. The first kappa shape index (κ1) is 19.2. The standard InChI is InChI=1S/C21H18BrNO4/c1-3-11-23-18-10-7-15(22)12-17(18)21(26,20(23)25)13-19(24)14-5-8-16(9-6-14)27-4-2/h1,5-10,12,26H,4,11,13H2,2H3/t21-/m0/s1. The van der Waals surface area contributed by atoms with E-state index in [0.717, 1.165) is 0 Å². The van der Waals surface area contributed by atoms with Gasteiger partial charge in [-0.3, -0.25) is 14.5 Å². The molecule has 0 radical (unpaired) electrons. The van der Waals surface area contributed by atoms with Gasteiger partial charge in [0.05, 0.1) is 25.3 Å². The molecule has 1 aliphatic rings. The minimum absolute atomic E-state index is 0.0209. The maximum absolute atomic E-state index is 12.9. The highest BCUT2D eigenvalue weighted by Gasteiger charge is 2.50. The second-order valence-corrected chi connectivity index (χ2v) is 7.09. The van der Waals surface area contributed by atoms with E-state index in [4.69, 9.17) is 11.2 Å². The van der Waals surface area contributed by atoms with Gasteiger partial charge in [-0.25, -0.2) is 0 Å². The predicted molar refractivity (Wildman–Crippen MR) is 106 cm³/mol. The SMILES string of the molecule is C#CCN1C(=O)[C@](O)(CC(=O)c2ccc(OCC)cc2)c2cc(Br)ccc21. The number of fused-ring (bicyclic) bond motifs is 1. The number of ketones is 1. The number of Topliss-reactive ketones (excluding diaryl/α,β-unsaturated/α-hetero) is 1. The summed E-state index contributed by atoms with van der Waals surface area (Å²) in [4.78, 5) is 27.0. The highest BCUT2D eigenvalue weighted by atomic mass is 79.9. The molecule has 0 saturated heterocycles. The number of rotatable bonds is 6. The van der Waals surface area contributed by atoms with Crippen LogP contribution in [0.3, 0.4) is 0 Å². The molecule has 0 bridgehead atoms. The molecule has 0 aliphatic carbocycles. The zero-order chi connectivity index (χ0) is 19.6. The summed E-state index contributed by atoms with van der Waals surface area (Å²) >= 11 is 3.35. The topological polar surface area (TPSA) is 66.8 Å². The van der Waals surface area contributed by atoms with E-state index in [1.807, 2.05) is 6.92 Å². The lowest BCUT2D eigenvalue weighted by molar-refractivity contribution is -0.135. The molecule has 1 aliphatic heterocycles. The number of halogens is 1. The van der Waals surface area contributed by atoms with Gasteiger partial charge in [0.2, 0.25) is 0 Å². The molecule has 5 nitrogen and oxygen atoms in total. The van der Waals surface area contributed by atoms with Crippen LogP contribution in [-0.4, -0.2) is 29.9 Å². The highest BCUT2D eigenvalue weighted by molar-refractivity contribution is 9.10. The number of carbonyl (C=O) groups excluding carboxylic acids is 2. The number of ether oxygens (including phenoxy) is 1. The molecule has 1 heterocycles. The monoisotopic (exact) mass is 427 g/mol. The molecule has 0 fully saturated rings. The van der Waals surface area contributed by atoms with Gasteiger partial charge in [-0.05, 0) is 49.4 Å². The first-order valence-electron chi connectivity index (χ1n) is 8.44. The molecule has 0 saturated carbocycles. The Bertz CT molecular complexity index is 932. The van der Waals surface area contributed by atoms with Crippen molar-refractivity contribution >= 4 is 33.3 Å². The molecule has 2 aromatic carbocycles. The second kappa shape index (κ2) is 7.55. The number of aliphatic hydroxyl groups is 1. The van der Waals surface area contributed by atoms with Gasteiger partial charge in [0.25, 0.3) is 5.91 Å². The predicted octanol–water partition coefficient (Wildman–Crippen LogP) is 3.29. The lowest BCUT2D eigenvalue weighted by Gasteiger charge is -2.22. The van der Waals surface area contributed by atoms with Gasteiger partial charge in [-0.15, -0.1) is 6.42 Å². The van der Waals surface area contributed by atoms with E-state index in [-0.39, 0.29) is 18.7 Å². The Morgan fingerprint density at radius 1 is 1.30 bits per heavy atom. The fourth-order valence-electron chi connectivity index (χ4n) is 3.18. The van der Waals surface area contributed by atoms with Crippen LogP contribution in [0.15, 0.2) is 46.9 Å². The molecule has 1 amide bonds. The number of amides is 1. The van der Waals surface area contributed by atoms with Gasteiger partial charge < -0.3 is 9.84 Å². The van der Waals surface area contributed by atoms with E-state index in [2.05, 4.69) is 21.9 Å². The summed E-state index contributed by atoms with van der Waals surface area (Å²) in [5.41, 5.74) is -0.669. The van der Waals surface area contributed by atoms with E-state index in [1.165, 1.54) is 4.90 Å². The average molecular weight is 428 g/mol. The number of carbonyl (C=O) groups is 2. The molecule has 1 N–H and O–H groups in total. The Morgan fingerprint density at radius 3 is 2.63 bits per heavy atom. The minimum atomic E-state index is -1.95. The first-order valence-corrected chi connectivity index (χ1v) is 9.24. The van der Waals surface area contributed by atoms with Crippen molar-refractivity contribution < 1.29 is 19.4 Å². The Hall–Kier alpha value is -2.62. The fourth-order valence-corrected chi connectivity index (χ4v) is 3.54. The van der Waals surface area contributed by atoms with Crippen molar-refractivity contribution in [3.8, 4) is 18.1 Å². The summed E-state index contributed by atoms with van der Waals surface area (Å²) in [5.74, 6) is 2.14. The van der Waals surface area contributed by atoms with Gasteiger partial charge in [-0.2, -0.15) is 0 Å². The van der Waals surface area contributed by atoms with E-state index in [0.29, 0.717) is 33.6 Å². The van der Waals surface area contributed by atoms with E-state index < -0.39 is 11.5 Å². The summed E-state index contributed by atoms with van der Waals surface area (Å²) in [6.07, 6.45) is 4.99. The third kappa shape index (κ3) is 3.48. The zero-order valence-corrected chi connectivity index (χ0v) is 16.3. The van der Waals surface area contributed by atoms with Gasteiger partial charge >= 0.3 is 0 Å². The van der Waals surface area contributed by atoms with E-state index >= 15 is 0 Å². The second-order valence-electron chi connectivity index (χ2n) is 6.17. The molecule has 1 atom stereocenters. The number of hydrogen-bond acceptors (Lipinski definition) is 4. The van der Waals surface area contributed by atoms with Gasteiger partial charge in [0.15, 0.2) is 11.4 Å².